The van der Waals surface area contributed by atoms with Crippen molar-refractivity contribution in [3.8, 4) is 0 Å². The van der Waals surface area contributed by atoms with Crippen LogP contribution in [0, 0.1) is 3.77 Å². The van der Waals surface area contributed by atoms with E-state index in [1.807, 2.05) is 18.2 Å². The first-order valence-corrected chi connectivity index (χ1v) is 3.94. The van der Waals surface area contributed by atoms with E-state index in [-0.39, 0.29) is 0 Å². The van der Waals surface area contributed by atoms with Crippen LogP contribution in [-0.2, 0) is 0 Å². The zero-order chi connectivity index (χ0) is 6.97. The summed E-state index contributed by atoms with van der Waals surface area (Å²) in [6.45, 7) is 0. The van der Waals surface area contributed by atoms with Gasteiger partial charge in [0.25, 0.3) is 0 Å². The Balaban J connectivity index is 2.88. The Morgan fingerprint density at radius 3 is 3.20 bits per heavy atom. The fourth-order valence-corrected chi connectivity index (χ4v) is 1.37. The van der Waals surface area contributed by atoms with Crippen LogP contribution in [0.4, 0.5) is 0 Å². The lowest BCUT2D eigenvalue weighted by Crippen LogP contribution is -1.66. The Kier molecular flexibility index (Phi) is 1.37. The van der Waals surface area contributed by atoms with Gasteiger partial charge in [-0.05, 0) is 34.7 Å². The number of pyridine rings is 1. The number of hydrogen-bond donors (Lipinski definition) is 0. The minimum Gasteiger partial charge on any atom is -0.449 e. The molecule has 0 spiro atoms. The van der Waals surface area contributed by atoms with Gasteiger partial charge in [0.2, 0.25) is 0 Å². The topological polar surface area (TPSA) is 26.0 Å². The molecule has 2 nitrogen and oxygen atoms in total. The van der Waals surface area contributed by atoms with Crippen LogP contribution in [-0.4, -0.2) is 4.98 Å². The van der Waals surface area contributed by atoms with Gasteiger partial charge in [0.05, 0.1) is 0 Å². The van der Waals surface area contributed by atoms with Crippen LogP contribution in [0.1, 0.15) is 0 Å². The maximum Gasteiger partial charge on any atom is 0.166 e. The molecule has 0 atom stereocenters. The summed E-state index contributed by atoms with van der Waals surface area (Å²) in [4.78, 5) is 4.10. The summed E-state index contributed by atoms with van der Waals surface area (Å²) in [5, 5.41) is 0. The van der Waals surface area contributed by atoms with Crippen LogP contribution in [0.2, 0.25) is 0 Å². The van der Waals surface area contributed by atoms with Crippen LogP contribution < -0.4 is 0 Å². The number of furan rings is 1. The van der Waals surface area contributed by atoms with E-state index in [4.69, 9.17) is 4.42 Å². The first-order valence-electron chi connectivity index (χ1n) is 2.86. The molecule has 0 amide bonds. The van der Waals surface area contributed by atoms with Crippen molar-refractivity contribution in [3.05, 3.63) is 28.2 Å². The molecule has 0 unspecified atom stereocenters. The van der Waals surface area contributed by atoms with E-state index in [0.717, 1.165) is 14.9 Å². The molecule has 0 aliphatic rings. The van der Waals surface area contributed by atoms with Gasteiger partial charge >= 0.3 is 0 Å². The van der Waals surface area contributed by atoms with E-state index >= 15 is 0 Å². The molecule has 2 heterocycles. The number of halogens is 1. The van der Waals surface area contributed by atoms with E-state index in [1.54, 1.807) is 6.20 Å². The lowest BCUT2D eigenvalue weighted by molar-refractivity contribution is 0.584. The molecule has 0 saturated heterocycles. The molecule has 2 rings (SSSR count). The van der Waals surface area contributed by atoms with E-state index in [1.165, 1.54) is 0 Å². The van der Waals surface area contributed by atoms with Gasteiger partial charge in [-0.15, -0.1) is 0 Å². The lowest BCUT2D eigenvalue weighted by atomic mass is 10.4. The third-order valence-corrected chi connectivity index (χ3v) is 1.79. The zero-order valence-electron chi connectivity index (χ0n) is 5.04. The lowest BCUT2D eigenvalue weighted by Gasteiger charge is -1.81. The minimum absolute atomic E-state index is 0.854. The van der Waals surface area contributed by atoms with Crippen LogP contribution in [0.5, 0.6) is 0 Å². The van der Waals surface area contributed by atoms with Gasteiger partial charge in [-0.25, -0.2) is 0 Å². The van der Waals surface area contributed by atoms with Crippen molar-refractivity contribution >= 4 is 33.7 Å². The SMILES string of the molecule is Ic1cc2ncccc2o1. The Bertz CT molecular complexity index is 322. The summed E-state index contributed by atoms with van der Waals surface area (Å²) >= 11 is 2.13. The third-order valence-electron chi connectivity index (χ3n) is 1.26. The van der Waals surface area contributed by atoms with Crippen molar-refractivity contribution in [2.24, 2.45) is 0 Å². The Labute approximate surface area is 71.4 Å². The Morgan fingerprint density at radius 1 is 1.50 bits per heavy atom. The summed E-state index contributed by atoms with van der Waals surface area (Å²) in [6.07, 6.45) is 1.76. The van der Waals surface area contributed by atoms with Crippen LogP contribution in [0.25, 0.3) is 11.1 Å². The average Bonchev–Trinajstić information content (AvgIpc) is 2.27. The van der Waals surface area contributed by atoms with Crippen LogP contribution in [0.15, 0.2) is 28.8 Å². The largest absolute Gasteiger partial charge is 0.449 e. The molecule has 0 N–H and O–H groups in total. The van der Waals surface area contributed by atoms with Gasteiger partial charge < -0.3 is 4.42 Å². The highest BCUT2D eigenvalue weighted by Crippen LogP contribution is 2.17. The second-order valence-electron chi connectivity index (χ2n) is 1.94. The van der Waals surface area contributed by atoms with Gasteiger partial charge in [0.1, 0.15) is 5.52 Å². The molecule has 2 aromatic rings. The number of rotatable bonds is 0. The predicted octanol–water partition coefficient (Wildman–Crippen LogP) is 2.43. The summed E-state index contributed by atoms with van der Waals surface area (Å²) in [7, 11) is 0. The first kappa shape index (κ1) is 6.15. The summed E-state index contributed by atoms with van der Waals surface area (Å²) in [6, 6.07) is 5.68. The molecule has 50 valence electrons. The van der Waals surface area contributed by atoms with Gasteiger partial charge in [-0.2, -0.15) is 0 Å². The quantitative estimate of drug-likeness (QED) is 0.666. The van der Waals surface area contributed by atoms with E-state index < -0.39 is 0 Å². The van der Waals surface area contributed by atoms with E-state index in [0.29, 0.717) is 0 Å². The Hall–Kier alpha value is -0.580. The minimum atomic E-state index is 0.854. The molecule has 10 heavy (non-hydrogen) atoms. The molecule has 0 radical (unpaired) electrons. The van der Waals surface area contributed by atoms with Crippen molar-refractivity contribution in [3.63, 3.8) is 0 Å². The van der Waals surface area contributed by atoms with Gasteiger partial charge in [0, 0.05) is 12.3 Å². The van der Waals surface area contributed by atoms with Crippen molar-refractivity contribution < 1.29 is 4.42 Å². The highest BCUT2D eigenvalue weighted by Gasteiger charge is 1.98. The van der Waals surface area contributed by atoms with E-state index in [2.05, 4.69) is 27.6 Å². The van der Waals surface area contributed by atoms with Crippen LogP contribution in [0.3, 0.4) is 0 Å². The van der Waals surface area contributed by atoms with Crippen molar-refractivity contribution in [2.45, 2.75) is 0 Å². The molecule has 0 aromatic carbocycles. The molecular formula is C7H4INO. The highest BCUT2D eigenvalue weighted by molar-refractivity contribution is 14.1. The fourth-order valence-electron chi connectivity index (χ4n) is 0.839. The predicted molar refractivity (Wildman–Crippen MR) is 46.7 cm³/mol. The number of nitrogens with zero attached hydrogens (tertiary/aromatic N) is 1. The normalized spacial score (nSPS) is 10.5. The molecule has 0 aliphatic carbocycles. The zero-order valence-corrected chi connectivity index (χ0v) is 7.20. The smallest absolute Gasteiger partial charge is 0.166 e. The fraction of sp³-hybridized carbons (Fsp3) is 0. The first-order chi connectivity index (χ1) is 4.86. The summed E-state index contributed by atoms with van der Waals surface area (Å²) < 4.78 is 6.17. The van der Waals surface area contributed by atoms with Crippen molar-refractivity contribution in [1.29, 1.82) is 0 Å². The van der Waals surface area contributed by atoms with Crippen molar-refractivity contribution in [1.82, 2.24) is 4.98 Å². The van der Waals surface area contributed by atoms with Crippen molar-refractivity contribution in [2.75, 3.05) is 0 Å². The molecule has 2 aromatic heterocycles. The van der Waals surface area contributed by atoms with Gasteiger partial charge in [-0.3, -0.25) is 4.98 Å². The standard InChI is InChI=1S/C7H4INO/c8-7-4-5-6(10-7)2-1-3-9-5/h1-4H. The summed E-state index contributed by atoms with van der Waals surface area (Å²) in [5.41, 5.74) is 1.78. The number of fused-ring (bicyclic) bond motifs is 1. The van der Waals surface area contributed by atoms with E-state index in [9.17, 15) is 0 Å². The number of hydrogen-bond acceptors (Lipinski definition) is 2. The average molecular weight is 245 g/mol. The highest BCUT2D eigenvalue weighted by atomic mass is 127. The molecule has 0 bridgehead atoms. The van der Waals surface area contributed by atoms with Gasteiger partial charge in [0.15, 0.2) is 9.35 Å². The second-order valence-corrected chi connectivity index (χ2v) is 3.00. The molecule has 0 aliphatic heterocycles. The van der Waals surface area contributed by atoms with Crippen LogP contribution >= 0.6 is 22.6 Å². The maximum atomic E-state index is 5.29. The van der Waals surface area contributed by atoms with Gasteiger partial charge in [-0.1, -0.05) is 0 Å². The molecule has 0 fully saturated rings. The summed E-state index contributed by atoms with van der Waals surface area (Å²) in [5.74, 6) is 0. The molecular weight excluding hydrogens is 241 g/mol. The Morgan fingerprint density at radius 2 is 2.40 bits per heavy atom. The maximum absolute atomic E-state index is 5.29. The number of aromatic nitrogens is 1. The third kappa shape index (κ3) is 0.901. The molecule has 3 heteroatoms. The molecule has 0 saturated carbocycles. The second kappa shape index (κ2) is 2.23. The monoisotopic (exact) mass is 245 g/mol.